The maximum absolute atomic E-state index is 12.8. The lowest BCUT2D eigenvalue weighted by Gasteiger charge is -2.13. The lowest BCUT2D eigenvalue weighted by molar-refractivity contribution is -0.116. The molecule has 5 aromatic rings. The Labute approximate surface area is 223 Å². The first-order valence-electron chi connectivity index (χ1n) is 12.5. The van der Waals surface area contributed by atoms with Gasteiger partial charge in [0, 0.05) is 60.2 Å². The average molecular weight is 532 g/mol. The highest BCUT2D eigenvalue weighted by molar-refractivity contribution is 7.23. The van der Waals surface area contributed by atoms with Crippen LogP contribution in [0.2, 0.25) is 0 Å². The zero-order valence-electron chi connectivity index (χ0n) is 20.6. The van der Waals surface area contributed by atoms with Gasteiger partial charge in [-0.3, -0.25) is 4.79 Å². The van der Waals surface area contributed by atoms with E-state index in [1.165, 1.54) is 15.8 Å². The predicted molar refractivity (Wildman–Crippen MR) is 154 cm³/mol. The van der Waals surface area contributed by atoms with Gasteiger partial charge in [0.15, 0.2) is 0 Å². The van der Waals surface area contributed by atoms with E-state index >= 15 is 0 Å². The summed E-state index contributed by atoms with van der Waals surface area (Å²) in [5, 5.41) is 13.0. The number of benzene rings is 2. The Balaban J connectivity index is 1.30. The third kappa shape index (κ3) is 5.05. The van der Waals surface area contributed by atoms with Crippen molar-refractivity contribution in [1.29, 1.82) is 0 Å². The number of amides is 1. The lowest BCUT2D eigenvalue weighted by atomic mass is 10.0. The van der Waals surface area contributed by atoms with Gasteiger partial charge in [-0.05, 0) is 48.4 Å². The standard InChI is InChI=1S/C28H29N5O2S2/c1-35-13-12-29-11-9-25(34)33-28-26(19-8-10-30-16-24(19)37-28)27-32-21-7-6-18(15-23(21)36-27)22-14-17-4-2-3-5-20(17)31-22/h2-7,14-15,29-31H,8-13,16H2,1H3,(H,33,34). The van der Waals surface area contributed by atoms with Crippen LogP contribution in [-0.4, -0.2) is 49.2 Å². The summed E-state index contributed by atoms with van der Waals surface area (Å²) in [5.41, 5.74) is 6.76. The summed E-state index contributed by atoms with van der Waals surface area (Å²) in [6.07, 6.45) is 1.35. The van der Waals surface area contributed by atoms with Gasteiger partial charge in [0.2, 0.25) is 5.91 Å². The van der Waals surface area contributed by atoms with Crippen molar-refractivity contribution in [1.82, 2.24) is 20.6 Å². The van der Waals surface area contributed by atoms with Gasteiger partial charge < -0.3 is 25.7 Å². The number of methoxy groups -OCH3 is 1. The Bertz CT molecular complexity index is 1530. The smallest absolute Gasteiger partial charge is 0.226 e. The third-order valence-corrected chi connectivity index (χ3v) is 8.82. The highest BCUT2D eigenvalue weighted by Crippen LogP contribution is 2.45. The van der Waals surface area contributed by atoms with Crippen LogP contribution in [0.15, 0.2) is 48.5 Å². The van der Waals surface area contributed by atoms with E-state index in [9.17, 15) is 4.79 Å². The van der Waals surface area contributed by atoms with Crippen LogP contribution in [0.4, 0.5) is 5.00 Å². The Kier molecular flexibility index (Phi) is 7.04. The van der Waals surface area contributed by atoms with Crippen molar-refractivity contribution in [2.24, 2.45) is 0 Å². The van der Waals surface area contributed by atoms with Crippen molar-refractivity contribution in [2.75, 3.05) is 38.7 Å². The molecule has 0 atom stereocenters. The fourth-order valence-corrected chi connectivity index (χ4v) is 7.15. The number of aromatic nitrogens is 2. The molecular formula is C28H29N5O2S2. The summed E-state index contributed by atoms with van der Waals surface area (Å²) in [6, 6.07) is 17.0. The van der Waals surface area contributed by atoms with Crippen molar-refractivity contribution < 1.29 is 9.53 Å². The molecular weight excluding hydrogens is 502 g/mol. The number of carbonyl (C=O) groups is 1. The number of nitrogens with one attached hydrogen (secondary N) is 4. The molecule has 4 N–H and O–H groups in total. The van der Waals surface area contributed by atoms with E-state index in [0.717, 1.165) is 68.6 Å². The van der Waals surface area contributed by atoms with Crippen LogP contribution in [0.1, 0.15) is 16.9 Å². The molecule has 7 nitrogen and oxygen atoms in total. The van der Waals surface area contributed by atoms with Gasteiger partial charge in [-0.1, -0.05) is 24.3 Å². The summed E-state index contributed by atoms with van der Waals surface area (Å²) in [6.45, 7) is 3.75. The molecule has 6 rings (SSSR count). The molecule has 1 aliphatic rings. The van der Waals surface area contributed by atoms with Crippen LogP contribution in [0, 0.1) is 0 Å². The second-order valence-electron chi connectivity index (χ2n) is 9.15. The number of hydrogen-bond donors (Lipinski definition) is 4. The zero-order valence-corrected chi connectivity index (χ0v) is 22.3. The highest BCUT2D eigenvalue weighted by Gasteiger charge is 2.25. The Hall–Kier alpha value is -3.08. The second kappa shape index (κ2) is 10.7. The molecule has 37 heavy (non-hydrogen) atoms. The molecule has 2 aromatic carbocycles. The lowest BCUT2D eigenvalue weighted by Crippen LogP contribution is -2.24. The zero-order chi connectivity index (χ0) is 25.2. The number of aromatic amines is 1. The number of carbonyl (C=O) groups excluding carboxylic acids is 1. The van der Waals surface area contributed by atoms with Gasteiger partial charge >= 0.3 is 0 Å². The first-order chi connectivity index (χ1) is 18.2. The summed E-state index contributed by atoms with van der Waals surface area (Å²) in [7, 11) is 1.67. The first kappa shape index (κ1) is 24.3. The maximum Gasteiger partial charge on any atom is 0.226 e. The summed E-state index contributed by atoms with van der Waals surface area (Å²) < 4.78 is 6.19. The third-order valence-electron chi connectivity index (χ3n) is 6.64. The normalized spacial score (nSPS) is 13.3. The number of H-pyrrole nitrogens is 1. The van der Waals surface area contributed by atoms with Gasteiger partial charge in [0.1, 0.15) is 10.0 Å². The second-order valence-corrected chi connectivity index (χ2v) is 11.3. The van der Waals surface area contributed by atoms with E-state index in [1.807, 2.05) is 6.07 Å². The van der Waals surface area contributed by atoms with Crippen LogP contribution in [0.5, 0.6) is 0 Å². The number of nitrogens with zero attached hydrogens (tertiary/aromatic N) is 1. The van der Waals surface area contributed by atoms with E-state index in [1.54, 1.807) is 29.8 Å². The largest absolute Gasteiger partial charge is 0.383 e. The summed E-state index contributed by atoms with van der Waals surface area (Å²) >= 11 is 3.37. The maximum atomic E-state index is 12.8. The van der Waals surface area contributed by atoms with Crippen LogP contribution in [0.3, 0.4) is 0 Å². The number of thiazole rings is 1. The Morgan fingerprint density at radius 2 is 2.05 bits per heavy atom. The molecule has 1 aliphatic heterocycles. The predicted octanol–water partition coefficient (Wildman–Crippen LogP) is 5.38. The molecule has 1 amide bonds. The Morgan fingerprint density at radius 3 is 2.95 bits per heavy atom. The van der Waals surface area contributed by atoms with E-state index < -0.39 is 0 Å². The van der Waals surface area contributed by atoms with E-state index in [-0.39, 0.29) is 5.91 Å². The molecule has 190 valence electrons. The number of hydrogen-bond acceptors (Lipinski definition) is 7. The van der Waals surface area contributed by atoms with E-state index in [4.69, 9.17) is 9.72 Å². The molecule has 0 fully saturated rings. The van der Waals surface area contributed by atoms with Crippen molar-refractivity contribution in [3.63, 3.8) is 0 Å². The summed E-state index contributed by atoms with van der Waals surface area (Å²) in [5.74, 6) is 0.0138. The van der Waals surface area contributed by atoms with Crippen LogP contribution >= 0.6 is 22.7 Å². The molecule has 4 heterocycles. The molecule has 0 aliphatic carbocycles. The minimum Gasteiger partial charge on any atom is -0.383 e. The molecule has 0 bridgehead atoms. The SMILES string of the molecule is COCCNCCC(=O)Nc1sc2c(c1-c1nc3ccc(-c4cc5ccccc5[nH]4)cc3s1)CCNC2. The van der Waals surface area contributed by atoms with Crippen molar-refractivity contribution >= 4 is 54.7 Å². The number of ether oxygens (including phenoxy) is 1. The molecule has 0 unspecified atom stereocenters. The number of fused-ring (bicyclic) bond motifs is 3. The van der Waals surface area contributed by atoms with Crippen molar-refractivity contribution in [2.45, 2.75) is 19.4 Å². The van der Waals surface area contributed by atoms with E-state index in [0.29, 0.717) is 19.6 Å². The summed E-state index contributed by atoms with van der Waals surface area (Å²) in [4.78, 5) is 22.6. The van der Waals surface area contributed by atoms with Gasteiger partial charge in [-0.2, -0.15) is 0 Å². The van der Waals surface area contributed by atoms with E-state index in [2.05, 4.69) is 63.4 Å². The van der Waals surface area contributed by atoms with Crippen LogP contribution in [0.25, 0.3) is 42.9 Å². The monoisotopic (exact) mass is 531 g/mol. The average Bonchev–Trinajstić information content (AvgIpc) is 3.62. The van der Waals surface area contributed by atoms with Gasteiger partial charge in [-0.15, -0.1) is 22.7 Å². The fourth-order valence-electron chi connectivity index (χ4n) is 4.77. The molecule has 0 saturated carbocycles. The van der Waals surface area contributed by atoms with Crippen molar-refractivity contribution in [3.8, 4) is 21.8 Å². The molecule has 3 aromatic heterocycles. The first-order valence-corrected chi connectivity index (χ1v) is 14.2. The molecule has 9 heteroatoms. The van der Waals surface area contributed by atoms with Gasteiger partial charge in [0.25, 0.3) is 0 Å². The number of anilines is 1. The van der Waals surface area contributed by atoms with Gasteiger partial charge in [-0.25, -0.2) is 4.98 Å². The molecule has 0 radical (unpaired) electrons. The van der Waals surface area contributed by atoms with Gasteiger partial charge in [0.05, 0.1) is 16.8 Å². The number of rotatable bonds is 9. The quantitative estimate of drug-likeness (QED) is 0.192. The van der Waals surface area contributed by atoms with Crippen molar-refractivity contribution in [3.05, 3.63) is 59.0 Å². The number of para-hydroxylation sites is 1. The minimum absolute atomic E-state index is 0.0138. The Morgan fingerprint density at radius 1 is 1.14 bits per heavy atom. The number of thiophene rings is 1. The van der Waals surface area contributed by atoms with Crippen LogP contribution < -0.4 is 16.0 Å². The minimum atomic E-state index is 0.0138. The molecule has 0 saturated heterocycles. The molecule has 0 spiro atoms. The highest BCUT2D eigenvalue weighted by atomic mass is 32.1. The topological polar surface area (TPSA) is 91.1 Å². The van der Waals surface area contributed by atoms with Crippen LogP contribution in [-0.2, 0) is 22.5 Å². The fraction of sp³-hybridized carbons (Fsp3) is 0.286.